The second-order valence-corrected chi connectivity index (χ2v) is 8.30. The largest absolute Gasteiger partial charge is 0.508 e. The molecule has 1 saturated heterocycles. The molecule has 2 aromatic carbocycles. The Morgan fingerprint density at radius 2 is 1.97 bits per heavy atom. The number of carbonyl (C=O) groups excluding carboxylic acids is 1. The predicted octanol–water partition coefficient (Wildman–Crippen LogP) is 3.89. The molecule has 0 aliphatic carbocycles. The molecule has 0 spiro atoms. The van der Waals surface area contributed by atoms with Gasteiger partial charge in [-0.2, -0.15) is 11.8 Å². The number of amides is 1. The van der Waals surface area contributed by atoms with Crippen LogP contribution in [0.15, 0.2) is 60.8 Å². The lowest BCUT2D eigenvalue weighted by Gasteiger charge is -2.27. The number of carbonyl (C=O) groups is 1. The van der Waals surface area contributed by atoms with Gasteiger partial charge in [0.15, 0.2) is 0 Å². The highest BCUT2D eigenvalue weighted by Gasteiger charge is 2.16. The summed E-state index contributed by atoms with van der Waals surface area (Å²) in [6.07, 6.45) is 1.56. The molecule has 1 aliphatic rings. The molecule has 30 heavy (non-hydrogen) atoms. The molecule has 0 radical (unpaired) electrons. The molecule has 0 unspecified atom stereocenters. The quantitative estimate of drug-likeness (QED) is 0.628. The average molecular weight is 422 g/mol. The molecule has 1 aromatic heterocycles. The summed E-state index contributed by atoms with van der Waals surface area (Å²) in [6, 6.07) is 16.3. The molecule has 1 aliphatic heterocycles. The van der Waals surface area contributed by atoms with E-state index in [1.54, 1.807) is 24.4 Å². The van der Waals surface area contributed by atoms with E-state index in [9.17, 15) is 9.90 Å². The SMILES string of the molecule is NC(=O)c1cccnc1Oc1cccc(-c2ccc(O)cc2CN2CCSCC2)c1. The number of thioether (sulfide) groups is 1. The molecule has 0 saturated carbocycles. The lowest BCUT2D eigenvalue weighted by Crippen LogP contribution is -2.32. The van der Waals surface area contributed by atoms with Crippen LogP contribution in [0.3, 0.4) is 0 Å². The minimum atomic E-state index is -0.588. The van der Waals surface area contributed by atoms with E-state index < -0.39 is 5.91 Å². The zero-order valence-electron chi connectivity index (χ0n) is 16.5. The van der Waals surface area contributed by atoms with Gasteiger partial charge in [0.05, 0.1) is 0 Å². The van der Waals surface area contributed by atoms with Crippen LogP contribution in [0, 0.1) is 0 Å². The van der Waals surface area contributed by atoms with Gasteiger partial charge in [-0.1, -0.05) is 18.2 Å². The molecule has 7 heteroatoms. The van der Waals surface area contributed by atoms with Crippen LogP contribution in [0.2, 0.25) is 0 Å². The van der Waals surface area contributed by atoms with Gasteiger partial charge in [-0.15, -0.1) is 0 Å². The standard InChI is InChI=1S/C23H23N3O3S/c24-22(28)21-5-2-8-25-23(21)29-19-4-1-3-16(14-19)20-7-6-18(27)13-17(20)15-26-9-11-30-12-10-26/h1-8,13-14,27H,9-12,15H2,(H2,24,28). The number of rotatable bonds is 6. The molecular weight excluding hydrogens is 398 g/mol. The van der Waals surface area contributed by atoms with Crippen molar-refractivity contribution in [3.8, 4) is 28.5 Å². The first-order chi connectivity index (χ1) is 14.6. The molecule has 1 fully saturated rings. The fourth-order valence-electron chi connectivity index (χ4n) is 3.49. The molecule has 3 N–H and O–H groups in total. The van der Waals surface area contributed by atoms with E-state index in [2.05, 4.69) is 9.88 Å². The van der Waals surface area contributed by atoms with Crippen molar-refractivity contribution in [1.29, 1.82) is 0 Å². The molecule has 6 nitrogen and oxygen atoms in total. The van der Waals surface area contributed by atoms with Crippen LogP contribution in [0.25, 0.3) is 11.1 Å². The number of benzene rings is 2. The Kier molecular flexibility index (Phi) is 6.21. The first kappa shape index (κ1) is 20.3. The van der Waals surface area contributed by atoms with Gasteiger partial charge in [0.25, 0.3) is 5.91 Å². The Morgan fingerprint density at radius 3 is 2.77 bits per heavy atom. The second kappa shape index (κ2) is 9.19. The van der Waals surface area contributed by atoms with Gasteiger partial charge in [0.1, 0.15) is 17.1 Å². The van der Waals surface area contributed by atoms with Gasteiger partial charge in [-0.05, 0) is 53.1 Å². The van der Waals surface area contributed by atoms with Crippen LogP contribution in [0.1, 0.15) is 15.9 Å². The van der Waals surface area contributed by atoms with E-state index in [1.165, 1.54) is 0 Å². The number of primary amides is 1. The molecule has 0 atom stereocenters. The van der Waals surface area contributed by atoms with Crippen molar-refractivity contribution >= 4 is 17.7 Å². The molecule has 154 valence electrons. The highest BCUT2D eigenvalue weighted by Crippen LogP contribution is 2.32. The van der Waals surface area contributed by atoms with Crippen molar-refractivity contribution < 1.29 is 14.6 Å². The third kappa shape index (κ3) is 4.75. The number of nitrogens with two attached hydrogens (primary N) is 1. The first-order valence-corrected chi connectivity index (χ1v) is 10.9. The summed E-state index contributed by atoms with van der Waals surface area (Å²) in [4.78, 5) is 18.2. The summed E-state index contributed by atoms with van der Waals surface area (Å²) in [6.45, 7) is 2.86. The third-order valence-electron chi connectivity index (χ3n) is 4.98. The number of aromatic hydroxyl groups is 1. The fraction of sp³-hybridized carbons (Fsp3) is 0.217. The lowest BCUT2D eigenvalue weighted by atomic mass is 9.98. The minimum Gasteiger partial charge on any atom is -0.508 e. The Balaban J connectivity index is 1.63. The highest BCUT2D eigenvalue weighted by molar-refractivity contribution is 7.99. The highest BCUT2D eigenvalue weighted by atomic mass is 32.2. The number of phenols is 1. The smallest absolute Gasteiger partial charge is 0.254 e. The number of aromatic nitrogens is 1. The normalized spacial score (nSPS) is 14.4. The van der Waals surface area contributed by atoms with Crippen molar-refractivity contribution in [3.05, 3.63) is 71.9 Å². The Hall–Kier alpha value is -3.03. The summed E-state index contributed by atoms with van der Waals surface area (Å²) in [5.74, 6) is 2.66. The maximum Gasteiger partial charge on any atom is 0.254 e. The van der Waals surface area contributed by atoms with Crippen LogP contribution in [-0.4, -0.2) is 45.5 Å². The number of pyridine rings is 1. The summed E-state index contributed by atoms with van der Waals surface area (Å²) < 4.78 is 5.87. The van der Waals surface area contributed by atoms with E-state index in [0.717, 1.165) is 47.8 Å². The van der Waals surface area contributed by atoms with Gasteiger partial charge in [0.2, 0.25) is 5.88 Å². The zero-order chi connectivity index (χ0) is 20.9. The van der Waals surface area contributed by atoms with E-state index in [4.69, 9.17) is 10.5 Å². The third-order valence-corrected chi connectivity index (χ3v) is 5.93. The van der Waals surface area contributed by atoms with Gasteiger partial charge in [0, 0.05) is 37.3 Å². The molecule has 3 aromatic rings. The van der Waals surface area contributed by atoms with E-state index in [-0.39, 0.29) is 17.2 Å². The fourth-order valence-corrected chi connectivity index (χ4v) is 4.47. The average Bonchev–Trinajstić information content (AvgIpc) is 2.75. The molecule has 4 rings (SSSR count). The number of hydrogen-bond donors (Lipinski definition) is 2. The van der Waals surface area contributed by atoms with Crippen LogP contribution in [0.4, 0.5) is 0 Å². The predicted molar refractivity (Wildman–Crippen MR) is 119 cm³/mol. The number of nitrogens with zero attached hydrogens (tertiary/aromatic N) is 2. The Bertz CT molecular complexity index is 1050. The zero-order valence-corrected chi connectivity index (χ0v) is 17.3. The number of ether oxygens (including phenoxy) is 1. The van der Waals surface area contributed by atoms with Crippen molar-refractivity contribution in [1.82, 2.24) is 9.88 Å². The number of phenolic OH excluding ortho intramolecular Hbond substituents is 1. The maximum atomic E-state index is 11.6. The molecule has 0 bridgehead atoms. The molecule has 2 heterocycles. The lowest BCUT2D eigenvalue weighted by molar-refractivity contribution is 0.0997. The van der Waals surface area contributed by atoms with Gasteiger partial charge >= 0.3 is 0 Å². The van der Waals surface area contributed by atoms with Crippen LogP contribution in [0.5, 0.6) is 17.4 Å². The molecule has 1 amide bonds. The monoisotopic (exact) mass is 421 g/mol. The van der Waals surface area contributed by atoms with Crippen LogP contribution < -0.4 is 10.5 Å². The Morgan fingerprint density at radius 1 is 1.13 bits per heavy atom. The summed E-state index contributed by atoms with van der Waals surface area (Å²) in [5.41, 5.74) is 8.72. The minimum absolute atomic E-state index is 0.180. The number of hydrogen-bond acceptors (Lipinski definition) is 6. The van der Waals surface area contributed by atoms with E-state index in [1.807, 2.05) is 48.2 Å². The van der Waals surface area contributed by atoms with E-state index in [0.29, 0.717) is 5.75 Å². The summed E-state index contributed by atoms with van der Waals surface area (Å²) in [5, 5.41) is 10.0. The second-order valence-electron chi connectivity index (χ2n) is 7.08. The van der Waals surface area contributed by atoms with Gasteiger partial charge in [-0.25, -0.2) is 4.98 Å². The summed E-state index contributed by atoms with van der Waals surface area (Å²) in [7, 11) is 0. The Labute approximate surface area is 179 Å². The topological polar surface area (TPSA) is 88.7 Å². The van der Waals surface area contributed by atoms with Gasteiger partial charge in [-0.3, -0.25) is 9.69 Å². The maximum absolute atomic E-state index is 11.6. The van der Waals surface area contributed by atoms with Crippen molar-refractivity contribution in [2.75, 3.05) is 24.6 Å². The van der Waals surface area contributed by atoms with Crippen molar-refractivity contribution in [3.63, 3.8) is 0 Å². The van der Waals surface area contributed by atoms with Crippen LogP contribution >= 0.6 is 11.8 Å². The van der Waals surface area contributed by atoms with Crippen molar-refractivity contribution in [2.45, 2.75) is 6.54 Å². The van der Waals surface area contributed by atoms with Crippen molar-refractivity contribution in [2.24, 2.45) is 5.73 Å². The molecular formula is C23H23N3O3S. The van der Waals surface area contributed by atoms with Crippen LogP contribution in [-0.2, 0) is 6.54 Å². The van der Waals surface area contributed by atoms with E-state index >= 15 is 0 Å². The van der Waals surface area contributed by atoms with Gasteiger partial charge < -0.3 is 15.6 Å². The first-order valence-electron chi connectivity index (χ1n) is 9.75. The summed E-state index contributed by atoms with van der Waals surface area (Å²) >= 11 is 1.97.